The SMILES string of the molecule is CC#CC1=NC([N+](=O)[O-])=C(C[N+](C)(C)C/C=C/C(=O)Cc2cc3c(Nc4ccc(OCc5ccccn5)c(Br)c4)ncnc3cn2)C1.C[N+](C)(C/C=C/C(=O)Cc1cc2c(Nc3ccc(OCc4ccccn4)c(Br)c3)ncnc2cn1)CC1=C([N+](=O)[O-])N=C(C#N)C1.C[N+](C)(C/C=C/C(=O)Cc1cc2c(Nc3ccc(OCc4ccccn4)c(Br)c3)ncnc2cn1)CC1=C([N+](=O)[O-])N=C(C(N)=O)C1.[Br-].[Br-].[Br-]. The Labute approximate surface area is 877 Å². The summed E-state index contributed by atoms with van der Waals surface area (Å²) in [7, 11) is 11.4. The average molecular weight is 2320 g/mol. The van der Waals surface area contributed by atoms with Crippen LogP contribution >= 0.6 is 47.8 Å². The number of halogens is 6. The van der Waals surface area contributed by atoms with Gasteiger partial charge in [-0.1, -0.05) is 24.1 Å². The summed E-state index contributed by atoms with van der Waals surface area (Å²) in [6.45, 7) is 5.02. The smallest absolute Gasteiger partial charge is 0.369 e. The summed E-state index contributed by atoms with van der Waals surface area (Å²) in [5.74, 6) is 7.30. The molecule has 5 N–H and O–H groups in total. The molecule has 45 heteroatoms. The highest BCUT2D eigenvalue weighted by Gasteiger charge is 2.38. The number of nitrogens with one attached hydrogen (secondary N) is 3. The number of ether oxygens (including phenoxy) is 3. The van der Waals surface area contributed by atoms with Gasteiger partial charge in [-0.15, -0.1) is 0 Å². The Morgan fingerprint density at radius 3 is 1.06 bits per heavy atom. The average Bonchev–Trinajstić information content (AvgIpc) is 1.81. The lowest BCUT2D eigenvalue weighted by molar-refractivity contribution is -0.880. The summed E-state index contributed by atoms with van der Waals surface area (Å²) >= 11 is 10.7. The molecule has 3 aromatic carbocycles. The molecular weight excluding hydrogens is 2230 g/mol. The molecule has 15 rings (SSSR count). The summed E-state index contributed by atoms with van der Waals surface area (Å²) in [6.07, 6.45) is 24.9. The first-order valence-electron chi connectivity index (χ1n) is 43.2. The van der Waals surface area contributed by atoms with Crippen molar-refractivity contribution >= 4 is 155 Å². The number of carbonyl (C=O) groups excluding carboxylic acids is 4. The van der Waals surface area contributed by atoms with Gasteiger partial charge in [0.2, 0.25) is 17.1 Å². The second kappa shape index (κ2) is 51.7. The molecule has 0 atom stereocenters. The number of aliphatic imine (C=N–C) groups is 3. The first-order chi connectivity index (χ1) is 67.2. The molecule has 0 saturated carbocycles. The molecule has 39 nitrogen and oxygen atoms in total. The van der Waals surface area contributed by atoms with Crippen LogP contribution in [0.5, 0.6) is 17.2 Å². The number of amides is 1. The number of hydrogen-bond acceptors (Lipinski definition) is 32. The number of nitro groups is 3. The van der Waals surface area contributed by atoms with Gasteiger partial charge in [0.25, 0.3) is 5.91 Å². The van der Waals surface area contributed by atoms with E-state index in [0.717, 1.165) is 52.9 Å². The molecule has 3 aliphatic rings. The van der Waals surface area contributed by atoms with E-state index in [-0.39, 0.29) is 136 Å². The molecule has 12 heterocycles. The Balaban J connectivity index is 0.000000218. The van der Waals surface area contributed by atoms with E-state index in [1.807, 2.05) is 164 Å². The number of carbonyl (C=O) groups is 4. The number of hydrogen-bond donors (Lipinski definition) is 4. The summed E-state index contributed by atoms with van der Waals surface area (Å²) in [6, 6.07) is 41.1. The molecule has 0 radical (unpaired) electrons. The molecule has 734 valence electrons. The second-order valence-corrected chi connectivity index (χ2v) is 36.5. The van der Waals surface area contributed by atoms with Gasteiger partial charge in [0.1, 0.15) is 99.2 Å². The maximum atomic E-state index is 12.9. The van der Waals surface area contributed by atoms with Crippen LogP contribution in [-0.2, 0) is 58.3 Å². The molecule has 0 fully saturated rings. The van der Waals surface area contributed by atoms with Gasteiger partial charge in [0, 0.05) is 68.9 Å². The van der Waals surface area contributed by atoms with Crippen LogP contribution in [-0.4, -0.2) is 210 Å². The molecule has 9 aromatic heterocycles. The number of benzene rings is 3. The maximum Gasteiger partial charge on any atom is 0.369 e. The lowest BCUT2D eigenvalue weighted by atomic mass is 10.1. The number of aromatic nitrogens is 12. The van der Waals surface area contributed by atoms with E-state index >= 15 is 0 Å². The van der Waals surface area contributed by atoms with Crippen molar-refractivity contribution in [2.24, 2.45) is 20.7 Å². The third-order valence-corrected chi connectivity index (χ3v) is 23.1. The number of nitrogens with zero attached hydrogens (tertiary/aromatic N) is 22. The van der Waals surface area contributed by atoms with Crippen LogP contribution < -0.4 is 86.8 Å². The minimum Gasteiger partial charge on any atom is -1.00 e. The third-order valence-electron chi connectivity index (χ3n) is 21.3. The number of rotatable bonds is 40. The number of primary amides is 1. The van der Waals surface area contributed by atoms with E-state index in [9.17, 15) is 49.5 Å². The number of anilines is 6. The Kier molecular flexibility index (Phi) is 39.8. The fraction of sp³-hybridized carbons (Fsp3) is 0.224. The van der Waals surface area contributed by atoms with E-state index in [4.69, 9.17) is 25.2 Å². The predicted octanol–water partition coefficient (Wildman–Crippen LogP) is 5.79. The van der Waals surface area contributed by atoms with Crippen LogP contribution in [0.15, 0.2) is 283 Å². The summed E-state index contributed by atoms with van der Waals surface area (Å²) in [5.41, 5.74) is 15.7. The van der Waals surface area contributed by atoms with Gasteiger partial charge in [-0.25, -0.2) is 29.9 Å². The van der Waals surface area contributed by atoms with Crippen LogP contribution in [0.25, 0.3) is 32.7 Å². The number of ketones is 3. The van der Waals surface area contributed by atoms with Crippen LogP contribution in [0.4, 0.5) is 34.5 Å². The van der Waals surface area contributed by atoms with Crippen LogP contribution in [0.1, 0.15) is 60.3 Å². The van der Waals surface area contributed by atoms with Crippen LogP contribution in [0.3, 0.4) is 0 Å². The minimum atomic E-state index is -0.781. The predicted molar refractivity (Wildman–Crippen MR) is 536 cm³/mol. The Morgan fingerprint density at radius 1 is 0.434 bits per heavy atom. The van der Waals surface area contributed by atoms with Gasteiger partial charge in [0.05, 0.1) is 183 Å². The van der Waals surface area contributed by atoms with Crippen molar-refractivity contribution in [2.45, 2.75) is 65.3 Å². The van der Waals surface area contributed by atoms with Gasteiger partial charge < -0.3 is 131 Å². The standard InChI is InChI=1S/C34H32BrN8O4.C32H30BrN9O5.C32H29BrN9O4.3BrH/c1-4-8-24-15-23(34(41-24)42(45)46)20-43(2,3)14-7-10-28(44)16-27-17-29-31(19-37-27)38-22-39-33(29)40-25-11-12-32(30(35)18-25)47-21-26-9-5-6-13-36-26;1-42(2,17-20-12-27(30(34)44)40-32(20)41(45)46)11-5-7-24(43)13-23-14-25-28(16-36-23)37-19-38-31(25)39-21-8-9-29(26(33)15-21)47-18-22-6-3-4-10-35-22;1-42(2,18-21-12-25(16-34)40-32(21)41(44)45)11-5-7-26(43)13-24-14-27-29(17-36-24)37-20-38-31(27)39-22-8-9-30(28(33)15-22)46-19-23-6-3-4-10-35-23;;;/h5-7,9-13,17-19,22H,14-16,20-21H2,1-3H3,(H,38,39,40);3-10,14-16,19H,11-13,17-18H2,1-2H3,(H2-,34,37,38,39,44);3-10,14-15,17,20H,11-13,18-19H2,1-2H3,(H,37,38,39);3*1H/q+1;;+1;;;/p-2/b10-7+;2*7-5+;;;. The lowest BCUT2D eigenvalue weighted by Crippen LogP contribution is -3.00. The van der Waals surface area contributed by atoms with Crippen molar-refractivity contribution in [3.63, 3.8) is 0 Å². The summed E-state index contributed by atoms with van der Waals surface area (Å²) < 4.78 is 21.0. The molecule has 0 bridgehead atoms. The first kappa shape index (κ1) is 110. The Hall–Kier alpha value is -14.7. The topological polar surface area (TPSA) is 503 Å². The Morgan fingerprint density at radius 2 is 0.755 bits per heavy atom. The molecule has 0 saturated heterocycles. The second-order valence-electron chi connectivity index (χ2n) is 34.0. The van der Waals surface area contributed by atoms with Crippen molar-refractivity contribution in [3.05, 3.63) is 332 Å². The molecule has 0 spiro atoms. The molecular formula is C98H92Br6N26O13. The normalized spacial score (nSPS) is 12.8. The van der Waals surface area contributed by atoms with E-state index < -0.39 is 20.7 Å². The van der Waals surface area contributed by atoms with Crippen molar-refractivity contribution in [3.8, 4) is 35.2 Å². The van der Waals surface area contributed by atoms with Crippen molar-refractivity contribution < 1.29 is 113 Å². The van der Waals surface area contributed by atoms with Crippen LogP contribution in [0.2, 0.25) is 0 Å². The zero-order valence-corrected chi connectivity index (χ0v) is 87.4. The third kappa shape index (κ3) is 32.2. The number of nitrogens with two attached hydrogens (primary N) is 1. The number of likely N-dealkylation sites (N-methyl/N-ethyl adjacent to an activating group) is 3. The number of quaternary nitrogens is 3. The number of pyridine rings is 6. The zero-order chi connectivity index (χ0) is 99.6. The highest BCUT2D eigenvalue weighted by molar-refractivity contribution is 9.11. The molecule has 0 unspecified atom stereocenters. The zero-order valence-electron chi connectivity index (χ0n) is 77.9. The minimum absolute atomic E-state index is 0. The molecule has 12 aromatic rings. The van der Waals surface area contributed by atoms with Crippen molar-refractivity contribution in [2.75, 3.05) is 97.5 Å². The van der Waals surface area contributed by atoms with E-state index in [0.29, 0.717) is 174 Å². The highest BCUT2D eigenvalue weighted by atomic mass is 79.9. The van der Waals surface area contributed by atoms with Crippen molar-refractivity contribution in [1.29, 1.82) is 5.26 Å². The summed E-state index contributed by atoms with van der Waals surface area (Å²) in [4.78, 5) is 147. The first-order valence-corrected chi connectivity index (χ1v) is 45.6. The van der Waals surface area contributed by atoms with Gasteiger partial charge >= 0.3 is 17.5 Å². The fourth-order valence-electron chi connectivity index (χ4n) is 14.8. The molecule has 3 aliphatic heterocycles. The molecule has 143 heavy (non-hydrogen) atoms. The maximum absolute atomic E-state index is 12.9. The number of fused-ring (bicyclic) bond motifs is 3. The Bertz CT molecular complexity index is 7220. The molecule has 0 aliphatic carbocycles. The van der Waals surface area contributed by atoms with E-state index in [2.05, 4.69) is 150 Å². The van der Waals surface area contributed by atoms with E-state index in [1.165, 1.54) is 37.2 Å². The number of nitriles is 1. The monoisotopic (exact) mass is 2310 g/mol. The fourth-order valence-corrected chi connectivity index (χ4v) is 16.2. The van der Waals surface area contributed by atoms with Gasteiger partial charge in [0.15, 0.2) is 17.3 Å². The quantitative estimate of drug-likeness (QED) is 0.0116. The van der Waals surface area contributed by atoms with Gasteiger partial charge in [-0.2, -0.15) is 5.26 Å². The highest BCUT2D eigenvalue weighted by Crippen LogP contribution is 2.37. The van der Waals surface area contributed by atoms with Gasteiger partial charge in [-0.05, 0) is 236 Å². The van der Waals surface area contributed by atoms with E-state index in [1.54, 1.807) is 74.5 Å². The molecule has 1 amide bonds. The van der Waals surface area contributed by atoms with Crippen molar-refractivity contribution in [1.82, 2.24) is 59.8 Å². The van der Waals surface area contributed by atoms with Crippen LogP contribution in [0, 0.1) is 53.5 Å². The summed E-state index contributed by atoms with van der Waals surface area (Å²) in [5, 5.41) is 55.5. The van der Waals surface area contributed by atoms with Gasteiger partial charge in [-0.3, -0.25) is 49.1 Å². The number of allylic oxidation sites excluding steroid dienone is 3. The lowest BCUT2D eigenvalue weighted by Gasteiger charge is -2.28. The largest absolute Gasteiger partial charge is 1.00 e.